The van der Waals surface area contributed by atoms with Crippen LogP contribution in [0.25, 0.3) is 0 Å². The molecule has 98 valence electrons. The summed E-state index contributed by atoms with van der Waals surface area (Å²) < 4.78 is 0. The summed E-state index contributed by atoms with van der Waals surface area (Å²) in [5.74, 6) is -3.65. The second kappa shape index (κ2) is 54.4. The first kappa shape index (κ1) is 103. The van der Waals surface area contributed by atoms with Gasteiger partial charge in [-0.05, 0) is 0 Å². The van der Waals surface area contributed by atoms with Crippen molar-refractivity contribution in [1.82, 2.24) is 0 Å². The van der Waals surface area contributed by atoms with Gasteiger partial charge in [-0.25, -0.2) is 9.59 Å². The normalized spacial score (nSPS) is 3.14. The molecule has 0 fully saturated rings. The third-order valence-electron chi connectivity index (χ3n) is 0.183. The van der Waals surface area contributed by atoms with E-state index < -0.39 is 11.9 Å². The number of hydrogen-bond acceptors (Lipinski definition) is 2. The van der Waals surface area contributed by atoms with Gasteiger partial charge in [-0.3, -0.25) is 0 Å². The van der Waals surface area contributed by atoms with Crippen molar-refractivity contribution in [3.05, 3.63) is 0 Å². The molecule has 0 atom stereocenters. The molecule has 0 radical (unpaired) electrons. The van der Waals surface area contributed by atoms with Crippen LogP contribution in [0.15, 0.2) is 0 Å². The average molecular weight is 428 g/mol. The predicted molar refractivity (Wildman–Crippen MR) is 50.5 cm³/mol. The molecule has 0 saturated carbocycles. The van der Waals surface area contributed by atoms with Gasteiger partial charge in [-0.2, -0.15) is 0 Å². The Morgan fingerprint density at radius 1 is 0.571 bits per heavy atom. The van der Waals surface area contributed by atoms with E-state index in [1.807, 2.05) is 0 Å². The molecule has 0 aromatic rings. The Kier molecular flexibility index (Phi) is 401. The standard InChI is InChI=1S/C2H2O4.Bi.7H2O.3H/c3-1(4)2(5)6;;;;;;;;;;;/h(H,3,4)(H,5,6);;7*1H2;;;. The minimum atomic E-state index is -1.82. The Morgan fingerprint density at radius 2 is 0.643 bits per heavy atom. The van der Waals surface area contributed by atoms with Gasteiger partial charge in [0.05, 0.1) is 0 Å². The van der Waals surface area contributed by atoms with Gasteiger partial charge < -0.3 is 48.5 Å². The Hall–Kier alpha value is -0.457. The third kappa shape index (κ3) is 102. The topological polar surface area (TPSA) is 295 Å². The Balaban J connectivity index is -0.00000000446. The van der Waals surface area contributed by atoms with Crippen LogP contribution >= 0.6 is 0 Å². The molecule has 0 aliphatic rings. The van der Waals surface area contributed by atoms with Crippen LogP contribution < -0.4 is 0 Å². The van der Waals surface area contributed by atoms with Gasteiger partial charge in [-0.15, -0.1) is 0 Å². The third-order valence-corrected chi connectivity index (χ3v) is 0.183. The van der Waals surface area contributed by atoms with Crippen molar-refractivity contribution in [2.45, 2.75) is 0 Å². The van der Waals surface area contributed by atoms with Crippen LogP contribution in [0.2, 0.25) is 0 Å². The van der Waals surface area contributed by atoms with Crippen LogP contribution in [0.3, 0.4) is 0 Å². The Labute approximate surface area is 96.6 Å². The SMILES string of the molecule is O.O.O.O.O.O.O.O=C(O)C(=O)O.[BiH3]. The zero-order valence-corrected chi connectivity index (χ0v) is 12.4. The van der Waals surface area contributed by atoms with E-state index in [2.05, 4.69) is 0 Å². The van der Waals surface area contributed by atoms with Gasteiger partial charge in [-0.1, -0.05) is 0 Å². The Morgan fingerprint density at radius 3 is 0.643 bits per heavy atom. The molecule has 16 N–H and O–H groups in total. The van der Waals surface area contributed by atoms with Crippen molar-refractivity contribution in [2.75, 3.05) is 0 Å². The molecule has 0 amide bonds. The number of hydrogen-bond donors (Lipinski definition) is 2. The summed E-state index contributed by atoms with van der Waals surface area (Å²) in [4.78, 5) is 18.2. The van der Waals surface area contributed by atoms with E-state index in [9.17, 15) is 0 Å². The van der Waals surface area contributed by atoms with Gasteiger partial charge in [0.25, 0.3) is 0 Å². The van der Waals surface area contributed by atoms with Crippen molar-refractivity contribution in [1.29, 1.82) is 0 Å². The molecular formula is C2H19BiO11. The predicted octanol–water partition coefficient (Wildman–Crippen LogP) is -7.80. The molecule has 0 spiro atoms. The number of carboxylic acid groups (broad SMARTS) is 2. The van der Waals surface area contributed by atoms with E-state index in [1.54, 1.807) is 0 Å². The van der Waals surface area contributed by atoms with Crippen molar-refractivity contribution in [2.24, 2.45) is 0 Å². The number of aliphatic carboxylic acids is 2. The Bertz CT molecular complexity index is 79.3. The maximum absolute atomic E-state index is 9.10. The van der Waals surface area contributed by atoms with E-state index in [0.717, 1.165) is 0 Å². The van der Waals surface area contributed by atoms with Gasteiger partial charge in [0.2, 0.25) is 0 Å². The van der Waals surface area contributed by atoms with Crippen molar-refractivity contribution >= 4 is 38.1 Å². The summed E-state index contributed by atoms with van der Waals surface area (Å²) in [6, 6.07) is 0. The fourth-order valence-corrected chi connectivity index (χ4v) is 0. The summed E-state index contributed by atoms with van der Waals surface area (Å²) in [7, 11) is 0. The molecule has 0 rings (SSSR count). The van der Waals surface area contributed by atoms with Crippen molar-refractivity contribution in [3.8, 4) is 0 Å². The molecule has 0 heterocycles. The summed E-state index contributed by atoms with van der Waals surface area (Å²) in [6.45, 7) is 0. The van der Waals surface area contributed by atoms with Crippen LogP contribution in [-0.2, 0) is 9.59 Å². The van der Waals surface area contributed by atoms with Gasteiger partial charge in [0.15, 0.2) is 0 Å². The first-order valence-corrected chi connectivity index (χ1v) is 1.11. The summed E-state index contributed by atoms with van der Waals surface area (Å²) >= 11 is 0. The number of carboxylic acids is 2. The van der Waals surface area contributed by atoms with E-state index in [4.69, 9.17) is 19.8 Å². The van der Waals surface area contributed by atoms with Crippen molar-refractivity contribution in [3.63, 3.8) is 0 Å². The zero-order valence-electron chi connectivity index (χ0n) is 6.92. The molecule has 12 heteroatoms. The molecule has 0 aromatic heterocycles. The minimum absolute atomic E-state index is 0. The second-order valence-corrected chi connectivity index (χ2v) is 0.610. The van der Waals surface area contributed by atoms with E-state index in [0.29, 0.717) is 0 Å². The van der Waals surface area contributed by atoms with Crippen LogP contribution in [0, 0.1) is 0 Å². The van der Waals surface area contributed by atoms with E-state index in [-0.39, 0.29) is 64.5 Å². The number of carbonyl (C=O) groups is 2. The molecule has 0 aliphatic carbocycles. The molecule has 0 aromatic carbocycles. The van der Waals surface area contributed by atoms with Gasteiger partial charge >= 0.3 is 38.1 Å². The van der Waals surface area contributed by atoms with E-state index >= 15 is 0 Å². The molecule has 0 bridgehead atoms. The first-order valence-electron chi connectivity index (χ1n) is 1.11. The first-order chi connectivity index (χ1) is 2.64. The molecule has 11 nitrogen and oxygen atoms in total. The maximum atomic E-state index is 9.10. The summed E-state index contributed by atoms with van der Waals surface area (Å²) in [5.41, 5.74) is 0. The van der Waals surface area contributed by atoms with Gasteiger partial charge in [0, 0.05) is 0 Å². The van der Waals surface area contributed by atoms with Gasteiger partial charge in [0.1, 0.15) is 0 Å². The quantitative estimate of drug-likeness (QED) is 0.280. The van der Waals surface area contributed by atoms with E-state index in [1.165, 1.54) is 0 Å². The number of rotatable bonds is 0. The molecule has 0 unspecified atom stereocenters. The summed E-state index contributed by atoms with van der Waals surface area (Å²) in [5, 5.41) is 14.8. The molecule has 0 aliphatic heterocycles. The van der Waals surface area contributed by atoms with Crippen LogP contribution in [0.4, 0.5) is 0 Å². The fraction of sp³-hybridized carbons (Fsp3) is 0. The second-order valence-electron chi connectivity index (χ2n) is 0.610. The molecule has 14 heavy (non-hydrogen) atoms. The van der Waals surface area contributed by atoms with Crippen molar-refractivity contribution < 1.29 is 58.1 Å². The molecular weight excluding hydrogens is 409 g/mol. The fourth-order valence-electron chi connectivity index (χ4n) is 0. The summed E-state index contributed by atoms with van der Waals surface area (Å²) in [6.07, 6.45) is 0. The van der Waals surface area contributed by atoms with Crippen LogP contribution in [-0.4, -0.2) is 86.7 Å². The average Bonchev–Trinajstić information content (AvgIpc) is 1.36. The van der Waals surface area contributed by atoms with Crippen LogP contribution in [0.5, 0.6) is 0 Å². The molecule has 0 saturated heterocycles. The monoisotopic (exact) mass is 428 g/mol. The van der Waals surface area contributed by atoms with Crippen LogP contribution in [0.1, 0.15) is 0 Å². The zero-order chi connectivity index (χ0) is 5.15.